The van der Waals surface area contributed by atoms with Crippen molar-refractivity contribution >= 4 is 11.7 Å². The van der Waals surface area contributed by atoms with Crippen LogP contribution in [0.5, 0.6) is 5.75 Å². The fourth-order valence-corrected chi connectivity index (χ4v) is 3.14. The van der Waals surface area contributed by atoms with Gasteiger partial charge in [0.2, 0.25) is 0 Å². The second kappa shape index (κ2) is 7.90. The summed E-state index contributed by atoms with van der Waals surface area (Å²) in [5.41, 5.74) is 9.37. The summed E-state index contributed by atoms with van der Waals surface area (Å²) in [6, 6.07) is 5.80. The number of hydrogen-bond donors (Lipinski definition) is 1. The maximum atomic E-state index is 13.9. The molecule has 0 aliphatic rings. The number of rotatable bonds is 5. The summed E-state index contributed by atoms with van der Waals surface area (Å²) in [5.74, 6) is -0.123. The van der Waals surface area contributed by atoms with Crippen molar-refractivity contribution in [3.63, 3.8) is 0 Å². The van der Waals surface area contributed by atoms with E-state index < -0.39 is 11.9 Å². The molecule has 0 saturated carbocycles. The molecule has 29 heavy (non-hydrogen) atoms. The van der Waals surface area contributed by atoms with Gasteiger partial charge >= 0.3 is 0 Å². The van der Waals surface area contributed by atoms with Crippen LogP contribution in [0.2, 0.25) is 0 Å². The number of halogens is 1. The molecule has 0 radical (unpaired) electrons. The van der Waals surface area contributed by atoms with Crippen LogP contribution in [0.3, 0.4) is 0 Å². The number of anilines is 1. The molecule has 3 aromatic rings. The van der Waals surface area contributed by atoms with Gasteiger partial charge in [-0.05, 0) is 38.1 Å². The Morgan fingerprint density at radius 2 is 2.03 bits per heavy atom. The average Bonchev–Trinajstić information content (AvgIpc) is 3.00. The second-order valence-corrected chi connectivity index (χ2v) is 7.10. The average molecular weight is 397 g/mol. The number of carbonyl (C=O) groups is 1. The maximum Gasteiger partial charge on any atom is 0.253 e. The lowest BCUT2D eigenvalue weighted by Gasteiger charge is -2.21. The Labute approximate surface area is 168 Å². The van der Waals surface area contributed by atoms with E-state index in [0.717, 1.165) is 16.8 Å². The molecule has 152 valence electrons. The van der Waals surface area contributed by atoms with Crippen molar-refractivity contribution in [1.82, 2.24) is 19.7 Å². The number of amides is 1. The molecule has 8 heteroatoms. The van der Waals surface area contributed by atoms with Gasteiger partial charge in [-0.25, -0.2) is 9.37 Å². The highest BCUT2D eigenvalue weighted by Gasteiger charge is 2.21. The van der Waals surface area contributed by atoms with Gasteiger partial charge < -0.3 is 15.4 Å². The van der Waals surface area contributed by atoms with Crippen molar-refractivity contribution in [3.8, 4) is 16.9 Å². The molecule has 0 unspecified atom stereocenters. The molecular formula is C21H24FN5O2. The summed E-state index contributed by atoms with van der Waals surface area (Å²) in [5, 5.41) is 4.34. The summed E-state index contributed by atoms with van der Waals surface area (Å²) in [7, 11) is 5.12. The van der Waals surface area contributed by atoms with E-state index in [1.807, 2.05) is 20.2 Å². The minimum absolute atomic E-state index is 0.207. The Balaban J connectivity index is 1.97. The van der Waals surface area contributed by atoms with Gasteiger partial charge in [-0.2, -0.15) is 5.10 Å². The molecule has 0 aliphatic heterocycles. The Morgan fingerprint density at radius 3 is 2.66 bits per heavy atom. The number of carbonyl (C=O) groups excluding carboxylic acids is 1. The topological polar surface area (TPSA) is 86.3 Å². The Kier molecular flexibility index (Phi) is 5.54. The molecule has 2 aromatic heterocycles. The number of hydrogen-bond acceptors (Lipinski definition) is 5. The zero-order chi connectivity index (χ0) is 21.3. The van der Waals surface area contributed by atoms with E-state index in [1.54, 1.807) is 38.0 Å². The highest BCUT2D eigenvalue weighted by Crippen LogP contribution is 2.32. The minimum atomic E-state index is -0.626. The van der Waals surface area contributed by atoms with Gasteiger partial charge in [0.25, 0.3) is 5.91 Å². The van der Waals surface area contributed by atoms with E-state index in [9.17, 15) is 9.18 Å². The summed E-state index contributed by atoms with van der Waals surface area (Å²) < 4.78 is 21.6. The normalized spacial score (nSPS) is 11.9. The Hall–Kier alpha value is -3.42. The molecule has 7 nitrogen and oxygen atoms in total. The van der Waals surface area contributed by atoms with E-state index in [2.05, 4.69) is 10.1 Å². The van der Waals surface area contributed by atoms with Crippen LogP contribution in [0.15, 0.2) is 36.7 Å². The highest BCUT2D eigenvalue weighted by molar-refractivity contribution is 5.95. The number of benzene rings is 1. The first-order valence-corrected chi connectivity index (χ1v) is 9.11. The number of ether oxygens (including phenoxy) is 1. The summed E-state index contributed by atoms with van der Waals surface area (Å²) in [4.78, 5) is 18.1. The number of aromatic nitrogens is 3. The fraction of sp³-hybridized carbons (Fsp3) is 0.286. The predicted molar refractivity (Wildman–Crippen MR) is 109 cm³/mol. The third-order valence-electron chi connectivity index (χ3n) is 4.60. The van der Waals surface area contributed by atoms with E-state index in [0.29, 0.717) is 16.9 Å². The lowest BCUT2D eigenvalue weighted by molar-refractivity contribution is 0.0822. The molecule has 2 heterocycles. The van der Waals surface area contributed by atoms with Crippen molar-refractivity contribution in [3.05, 3.63) is 59.3 Å². The van der Waals surface area contributed by atoms with Crippen LogP contribution in [0.4, 0.5) is 10.2 Å². The number of pyridine rings is 1. The van der Waals surface area contributed by atoms with E-state index in [1.165, 1.54) is 23.1 Å². The molecule has 0 aliphatic carbocycles. The third-order valence-corrected chi connectivity index (χ3v) is 4.60. The molecule has 2 N–H and O–H groups in total. The standard InChI is InChI=1S/C21H24FN5O2/c1-12-18(11-27(5)25-12)14-8-19(20(23)24-10-14)29-13(2)17-9-15(22)6-7-16(17)21(28)26(3)4/h6-11,13H,1-5H3,(H2,23,24)/t13-/m1/s1. The third kappa shape index (κ3) is 4.21. The van der Waals surface area contributed by atoms with Crippen molar-refractivity contribution in [2.45, 2.75) is 20.0 Å². The van der Waals surface area contributed by atoms with Crippen LogP contribution in [0.1, 0.15) is 34.6 Å². The quantitative estimate of drug-likeness (QED) is 0.713. The lowest BCUT2D eigenvalue weighted by atomic mass is 10.0. The van der Waals surface area contributed by atoms with Gasteiger partial charge in [0.15, 0.2) is 11.6 Å². The van der Waals surface area contributed by atoms with Gasteiger partial charge in [0, 0.05) is 55.8 Å². The smallest absolute Gasteiger partial charge is 0.253 e. The van der Waals surface area contributed by atoms with Crippen LogP contribution in [0.25, 0.3) is 11.1 Å². The zero-order valence-electron chi connectivity index (χ0n) is 17.1. The number of aryl methyl sites for hydroxylation is 2. The minimum Gasteiger partial charge on any atom is -0.482 e. The second-order valence-electron chi connectivity index (χ2n) is 7.10. The monoisotopic (exact) mass is 397 g/mol. The van der Waals surface area contributed by atoms with E-state index in [4.69, 9.17) is 10.5 Å². The first-order chi connectivity index (χ1) is 13.7. The van der Waals surface area contributed by atoms with Crippen LogP contribution < -0.4 is 10.5 Å². The molecular weight excluding hydrogens is 373 g/mol. The van der Waals surface area contributed by atoms with Crippen molar-refractivity contribution < 1.29 is 13.9 Å². The van der Waals surface area contributed by atoms with Crippen molar-refractivity contribution in [2.75, 3.05) is 19.8 Å². The first kappa shape index (κ1) is 20.3. The van der Waals surface area contributed by atoms with Crippen molar-refractivity contribution in [2.24, 2.45) is 7.05 Å². The van der Waals surface area contributed by atoms with Crippen molar-refractivity contribution in [1.29, 1.82) is 0 Å². The van der Waals surface area contributed by atoms with Crippen LogP contribution in [-0.4, -0.2) is 39.7 Å². The van der Waals surface area contributed by atoms with Gasteiger partial charge in [-0.3, -0.25) is 9.48 Å². The number of nitrogens with two attached hydrogens (primary N) is 1. The highest BCUT2D eigenvalue weighted by atomic mass is 19.1. The molecule has 0 bridgehead atoms. The predicted octanol–water partition coefficient (Wildman–Crippen LogP) is 3.35. The van der Waals surface area contributed by atoms with Gasteiger partial charge in [-0.15, -0.1) is 0 Å². The van der Waals surface area contributed by atoms with Crippen LogP contribution in [-0.2, 0) is 7.05 Å². The molecule has 0 spiro atoms. The van der Waals surface area contributed by atoms with Crippen LogP contribution >= 0.6 is 0 Å². The van der Waals surface area contributed by atoms with Gasteiger partial charge in [0.05, 0.1) is 5.69 Å². The van der Waals surface area contributed by atoms with E-state index in [-0.39, 0.29) is 11.7 Å². The largest absolute Gasteiger partial charge is 0.482 e. The molecule has 1 atom stereocenters. The summed E-state index contributed by atoms with van der Waals surface area (Å²) in [6.07, 6.45) is 2.91. The molecule has 1 aromatic carbocycles. The Bertz CT molecular complexity index is 1060. The first-order valence-electron chi connectivity index (χ1n) is 9.11. The molecule has 1 amide bonds. The summed E-state index contributed by atoms with van der Waals surface area (Å²) in [6.45, 7) is 3.64. The zero-order valence-corrected chi connectivity index (χ0v) is 17.1. The number of nitrogens with zero attached hydrogens (tertiary/aromatic N) is 4. The lowest BCUT2D eigenvalue weighted by Crippen LogP contribution is -2.24. The number of nitrogen functional groups attached to an aromatic ring is 1. The Morgan fingerprint density at radius 1 is 1.31 bits per heavy atom. The van der Waals surface area contributed by atoms with Crippen LogP contribution in [0, 0.1) is 12.7 Å². The maximum absolute atomic E-state index is 13.9. The SMILES string of the molecule is Cc1nn(C)cc1-c1cnc(N)c(O[C@H](C)c2cc(F)ccc2C(=O)N(C)C)c1. The van der Waals surface area contributed by atoms with E-state index >= 15 is 0 Å². The summed E-state index contributed by atoms with van der Waals surface area (Å²) >= 11 is 0. The fourth-order valence-electron chi connectivity index (χ4n) is 3.14. The molecule has 0 fully saturated rings. The molecule has 3 rings (SSSR count). The van der Waals surface area contributed by atoms with Gasteiger partial charge in [0.1, 0.15) is 11.9 Å². The molecule has 0 saturated heterocycles. The van der Waals surface area contributed by atoms with Gasteiger partial charge in [-0.1, -0.05) is 0 Å².